The van der Waals surface area contributed by atoms with Crippen LogP contribution in [0.3, 0.4) is 0 Å². The summed E-state index contributed by atoms with van der Waals surface area (Å²) in [6.07, 6.45) is 1.26. The Kier molecular flexibility index (Phi) is 7.61. The first-order valence-electron chi connectivity index (χ1n) is 11.4. The van der Waals surface area contributed by atoms with Gasteiger partial charge in [0.1, 0.15) is 6.04 Å². The molecule has 0 unspecified atom stereocenters. The molecule has 1 aliphatic heterocycles. The van der Waals surface area contributed by atoms with E-state index < -0.39 is 18.6 Å². The molecule has 4 rings (SSSR count). The second-order valence-electron chi connectivity index (χ2n) is 8.20. The van der Waals surface area contributed by atoms with E-state index in [9.17, 15) is 14.7 Å². The third kappa shape index (κ3) is 5.43. The van der Waals surface area contributed by atoms with Crippen molar-refractivity contribution in [3.63, 3.8) is 0 Å². The smallest absolute Gasteiger partial charge is 0.251 e. The van der Waals surface area contributed by atoms with Crippen LogP contribution in [0.4, 0.5) is 0 Å². The molecular formula is C25H28N4O6. The monoisotopic (exact) mass is 480 g/mol. The maximum Gasteiger partial charge on any atom is 0.251 e. The Morgan fingerprint density at radius 3 is 2.49 bits per heavy atom. The Bertz CT molecular complexity index is 1160. The lowest BCUT2D eigenvalue weighted by Gasteiger charge is -2.32. The van der Waals surface area contributed by atoms with Gasteiger partial charge in [0, 0.05) is 30.1 Å². The van der Waals surface area contributed by atoms with E-state index in [2.05, 4.69) is 15.5 Å². The van der Waals surface area contributed by atoms with Gasteiger partial charge in [-0.2, -0.15) is 4.98 Å². The van der Waals surface area contributed by atoms with Crippen molar-refractivity contribution in [2.45, 2.75) is 24.8 Å². The van der Waals surface area contributed by atoms with Crippen LogP contribution in [0.25, 0.3) is 11.4 Å². The fourth-order valence-corrected chi connectivity index (χ4v) is 4.08. The Morgan fingerprint density at radius 2 is 1.83 bits per heavy atom. The largest absolute Gasteiger partial charge is 0.493 e. The van der Waals surface area contributed by atoms with E-state index in [1.165, 1.54) is 0 Å². The summed E-state index contributed by atoms with van der Waals surface area (Å²) in [4.78, 5) is 31.5. The van der Waals surface area contributed by atoms with E-state index in [0.717, 1.165) is 5.56 Å². The molecule has 10 heteroatoms. The molecule has 1 aliphatic rings. The fraction of sp³-hybridized carbons (Fsp3) is 0.360. The van der Waals surface area contributed by atoms with Gasteiger partial charge in [0.15, 0.2) is 11.5 Å². The van der Waals surface area contributed by atoms with Crippen molar-refractivity contribution in [1.29, 1.82) is 0 Å². The number of ether oxygens (including phenoxy) is 2. The SMILES string of the molecule is COc1ccc(-c2noc(C3CCN(C(=O)[C@@H](CO)NC(=O)c4ccccc4)CC3)n2)cc1OC. The van der Waals surface area contributed by atoms with Gasteiger partial charge in [0.05, 0.1) is 20.8 Å². The quantitative estimate of drug-likeness (QED) is 0.503. The molecule has 2 heterocycles. The summed E-state index contributed by atoms with van der Waals surface area (Å²) in [6, 6.07) is 13.0. The van der Waals surface area contributed by atoms with Gasteiger partial charge in [0.2, 0.25) is 17.6 Å². The van der Waals surface area contributed by atoms with Crippen molar-refractivity contribution in [1.82, 2.24) is 20.4 Å². The van der Waals surface area contributed by atoms with Crippen LogP contribution in [0, 0.1) is 0 Å². The Labute approximate surface area is 202 Å². The number of nitrogens with zero attached hydrogens (tertiary/aromatic N) is 3. The highest BCUT2D eigenvalue weighted by Crippen LogP contribution is 2.33. The molecule has 1 aromatic heterocycles. The second kappa shape index (κ2) is 11.0. The Hall–Kier alpha value is -3.92. The number of carbonyl (C=O) groups excluding carboxylic acids is 2. The summed E-state index contributed by atoms with van der Waals surface area (Å²) in [5.41, 5.74) is 1.17. The van der Waals surface area contributed by atoms with Crippen LogP contribution in [-0.2, 0) is 4.79 Å². The molecule has 1 fully saturated rings. The van der Waals surface area contributed by atoms with E-state index in [1.807, 2.05) is 6.07 Å². The number of likely N-dealkylation sites (tertiary alicyclic amines) is 1. The average Bonchev–Trinajstić information content (AvgIpc) is 3.42. The van der Waals surface area contributed by atoms with Gasteiger partial charge in [0.25, 0.3) is 5.91 Å². The minimum Gasteiger partial charge on any atom is -0.493 e. The van der Waals surface area contributed by atoms with Gasteiger partial charge in [-0.25, -0.2) is 0 Å². The molecular weight excluding hydrogens is 452 g/mol. The molecule has 2 amide bonds. The fourth-order valence-electron chi connectivity index (χ4n) is 4.08. The first-order valence-corrected chi connectivity index (χ1v) is 11.4. The number of benzene rings is 2. The first kappa shape index (κ1) is 24.2. The lowest BCUT2D eigenvalue weighted by molar-refractivity contribution is -0.135. The van der Waals surface area contributed by atoms with Crippen LogP contribution in [0.2, 0.25) is 0 Å². The van der Waals surface area contributed by atoms with Crippen LogP contribution < -0.4 is 14.8 Å². The van der Waals surface area contributed by atoms with Gasteiger partial charge in [-0.15, -0.1) is 0 Å². The molecule has 1 saturated heterocycles. The zero-order chi connectivity index (χ0) is 24.8. The van der Waals surface area contributed by atoms with Gasteiger partial charge < -0.3 is 29.3 Å². The third-order valence-electron chi connectivity index (χ3n) is 6.06. The number of aliphatic hydroxyl groups is 1. The summed E-state index contributed by atoms with van der Waals surface area (Å²) in [5.74, 6) is 1.43. The number of hydrogen-bond acceptors (Lipinski definition) is 8. The highest BCUT2D eigenvalue weighted by atomic mass is 16.5. The van der Waals surface area contributed by atoms with Gasteiger partial charge in [-0.1, -0.05) is 23.4 Å². The molecule has 184 valence electrons. The number of piperidine rings is 1. The van der Waals surface area contributed by atoms with Crippen molar-refractivity contribution in [3.05, 3.63) is 60.0 Å². The minimum absolute atomic E-state index is 0.00642. The van der Waals surface area contributed by atoms with Crippen molar-refractivity contribution >= 4 is 11.8 Å². The number of amides is 2. The lowest BCUT2D eigenvalue weighted by atomic mass is 9.96. The van der Waals surface area contributed by atoms with Crippen LogP contribution >= 0.6 is 0 Å². The predicted molar refractivity (Wildman–Crippen MR) is 126 cm³/mol. The van der Waals surface area contributed by atoms with E-state index in [-0.39, 0.29) is 11.8 Å². The number of aromatic nitrogens is 2. The number of carbonyl (C=O) groups is 2. The Balaban J connectivity index is 1.36. The van der Waals surface area contributed by atoms with E-state index in [1.54, 1.807) is 61.6 Å². The topological polar surface area (TPSA) is 127 Å². The molecule has 0 saturated carbocycles. The molecule has 0 spiro atoms. The van der Waals surface area contributed by atoms with Gasteiger partial charge >= 0.3 is 0 Å². The molecule has 35 heavy (non-hydrogen) atoms. The van der Waals surface area contributed by atoms with Crippen molar-refractivity contribution < 1.29 is 28.7 Å². The molecule has 1 atom stereocenters. The van der Waals surface area contributed by atoms with E-state index in [4.69, 9.17) is 14.0 Å². The van der Waals surface area contributed by atoms with E-state index >= 15 is 0 Å². The molecule has 0 radical (unpaired) electrons. The second-order valence-corrected chi connectivity index (χ2v) is 8.20. The number of methoxy groups -OCH3 is 2. The minimum atomic E-state index is -1.00. The van der Waals surface area contributed by atoms with Crippen molar-refractivity contribution in [2.24, 2.45) is 0 Å². The molecule has 2 N–H and O–H groups in total. The summed E-state index contributed by atoms with van der Waals surface area (Å²) in [5, 5.41) is 16.4. The summed E-state index contributed by atoms with van der Waals surface area (Å²) >= 11 is 0. The van der Waals surface area contributed by atoms with Crippen LogP contribution in [-0.4, -0.2) is 71.9 Å². The number of nitrogens with one attached hydrogen (secondary N) is 1. The highest BCUT2D eigenvalue weighted by Gasteiger charge is 2.31. The number of hydrogen-bond donors (Lipinski definition) is 2. The maximum absolute atomic E-state index is 12.9. The average molecular weight is 481 g/mol. The van der Waals surface area contributed by atoms with Crippen molar-refractivity contribution in [3.8, 4) is 22.9 Å². The molecule has 10 nitrogen and oxygen atoms in total. The summed E-state index contributed by atoms with van der Waals surface area (Å²) in [6.45, 7) is 0.431. The summed E-state index contributed by atoms with van der Waals surface area (Å²) in [7, 11) is 3.13. The standard InChI is InChI=1S/C25H28N4O6/c1-33-20-9-8-18(14-21(20)34-2)22-27-24(35-28-22)17-10-12-29(13-11-17)25(32)19(15-30)26-23(31)16-6-4-3-5-7-16/h3-9,14,17,19,30H,10-13,15H2,1-2H3,(H,26,31)/t19-/m1/s1. The normalized spacial score (nSPS) is 14.9. The highest BCUT2D eigenvalue weighted by molar-refractivity contribution is 5.97. The number of aliphatic hydroxyl groups excluding tert-OH is 1. The molecule has 0 aliphatic carbocycles. The molecule has 2 aromatic carbocycles. The zero-order valence-corrected chi connectivity index (χ0v) is 19.6. The van der Waals surface area contributed by atoms with Crippen LogP contribution in [0.15, 0.2) is 53.1 Å². The maximum atomic E-state index is 12.9. The Morgan fingerprint density at radius 1 is 1.11 bits per heavy atom. The van der Waals surface area contributed by atoms with E-state index in [0.29, 0.717) is 54.7 Å². The van der Waals surface area contributed by atoms with Gasteiger partial charge in [-0.05, 0) is 43.2 Å². The van der Waals surface area contributed by atoms with Crippen LogP contribution in [0.1, 0.15) is 35.0 Å². The third-order valence-corrected chi connectivity index (χ3v) is 6.06. The predicted octanol–water partition coefficient (Wildman–Crippen LogP) is 2.25. The molecule has 3 aromatic rings. The first-order chi connectivity index (χ1) is 17.0. The lowest BCUT2D eigenvalue weighted by Crippen LogP contribution is -2.52. The zero-order valence-electron chi connectivity index (χ0n) is 19.6. The molecule has 0 bridgehead atoms. The number of rotatable bonds is 8. The van der Waals surface area contributed by atoms with Gasteiger partial charge in [-0.3, -0.25) is 9.59 Å². The summed E-state index contributed by atoms with van der Waals surface area (Å²) < 4.78 is 16.1. The van der Waals surface area contributed by atoms with Crippen molar-refractivity contribution in [2.75, 3.05) is 33.9 Å². The van der Waals surface area contributed by atoms with Crippen LogP contribution in [0.5, 0.6) is 11.5 Å².